The molecule has 3 unspecified atom stereocenters. The Bertz CT molecular complexity index is 870. The van der Waals surface area contributed by atoms with Crippen LogP contribution in [0, 0.1) is 34.0 Å². The van der Waals surface area contributed by atoms with Crippen LogP contribution in [0.5, 0.6) is 0 Å². The zero-order valence-corrected chi connectivity index (χ0v) is 18.9. The van der Waals surface area contributed by atoms with Crippen molar-refractivity contribution in [2.24, 2.45) is 22.7 Å². The number of alkyl halides is 1. The van der Waals surface area contributed by atoms with Crippen molar-refractivity contribution in [3.8, 4) is 6.07 Å². The van der Waals surface area contributed by atoms with Gasteiger partial charge in [-0.15, -0.1) is 11.6 Å². The molecule has 1 radical (unpaired) electrons. The van der Waals surface area contributed by atoms with Crippen LogP contribution in [0.2, 0.25) is 13.1 Å². The van der Waals surface area contributed by atoms with E-state index in [1.807, 2.05) is 13.1 Å². The minimum atomic E-state index is -1.24. The number of fused-ring (bicyclic) bond motifs is 5. The minimum Gasteiger partial charge on any atom is -0.387 e. The van der Waals surface area contributed by atoms with Crippen LogP contribution in [0.3, 0.4) is 0 Å². The summed E-state index contributed by atoms with van der Waals surface area (Å²) in [6, 6.07) is 2.33. The predicted octanol–water partition coefficient (Wildman–Crippen LogP) is 4.74. The van der Waals surface area contributed by atoms with Crippen LogP contribution in [0.4, 0.5) is 0 Å². The van der Waals surface area contributed by atoms with Crippen LogP contribution in [-0.4, -0.2) is 29.8 Å². The van der Waals surface area contributed by atoms with Gasteiger partial charge in [-0.2, -0.15) is 5.26 Å². The lowest BCUT2D eigenvalue weighted by molar-refractivity contribution is -0.114. The molecule has 0 aliphatic heterocycles. The summed E-state index contributed by atoms with van der Waals surface area (Å²) in [6.45, 7) is 8.43. The van der Waals surface area contributed by atoms with Gasteiger partial charge in [0.25, 0.3) is 0 Å². The molecule has 149 valence electrons. The van der Waals surface area contributed by atoms with E-state index in [1.165, 1.54) is 11.1 Å². The fourth-order valence-electron chi connectivity index (χ4n) is 6.63. The molecule has 0 aromatic carbocycles. The summed E-state index contributed by atoms with van der Waals surface area (Å²) in [5.41, 5.74) is 0.851. The lowest BCUT2D eigenvalue weighted by Crippen LogP contribution is -2.64. The van der Waals surface area contributed by atoms with Crippen molar-refractivity contribution >= 4 is 26.2 Å². The molecule has 1 N–H and O–H groups in total. The van der Waals surface area contributed by atoms with Gasteiger partial charge in [0.1, 0.15) is 4.50 Å². The van der Waals surface area contributed by atoms with Crippen molar-refractivity contribution in [3.05, 3.63) is 35.5 Å². The fourth-order valence-corrected chi connectivity index (χ4v) is 8.41. The summed E-state index contributed by atoms with van der Waals surface area (Å²) >= 11 is 6.90. The number of allylic oxidation sites excluding steroid dienone is 6. The maximum absolute atomic E-state index is 11.9. The predicted molar refractivity (Wildman–Crippen MR) is 113 cm³/mol. The third kappa shape index (κ3) is 2.27. The summed E-state index contributed by atoms with van der Waals surface area (Å²) in [5.74, 6) is 0.814. The van der Waals surface area contributed by atoms with Crippen LogP contribution in [0.25, 0.3) is 0 Å². The van der Waals surface area contributed by atoms with E-state index in [-0.39, 0.29) is 11.2 Å². The highest BCUT2D eigenvalue weighted by molar-refractivity contribution is 6.72. The van der Waals surface area contributed by atoms with Gasteiger partial charge in [0.05, 0.1) is 20.5 Å². The third-order valence-electron chi connectivity index (χ3n) is 8.48. The molecule has 6 atom stereocenters. The molecular formula is C23H29ClNO2Si. The van der Waals surface area contributed by atoms with Gasteiger partial charge >= 0.3 is 0 Å². The summed E-state index contributed by atoms with van der Waals surface area (Å²) in [6.07, 6.45) is 12.0. The number of nitrogens with zero attached hydrogens (tertiary/aromatic N) is 1. The number of nitriles is 1. The van der Waals surface area contributed by atoms with Gasteiger partial charge in [-0.25, -0.2) is 0 Å². The zero-order valence-electron chi connectivity index (χ0n) is 17.2. The Morgan fingerprint density at radius 3 is 2.71 bits per heavy atom. The van der Waals surface area contributed by atoms with Crippen LogP contribution in [0.1, 0.15) is 46.0 Å². The van der Waals surface area contributed by atoms with Crippen molar-refractivity contribution < 1.29 is 9.90 Å². The van der Waals surface area contributed by atoms with Gasteiger partial charge < -0.3 is 5.11 Å². The largest absolute Gasteiger partial charge is 0.387 e. The van der Waals surface area contributed by atoms with E-state index in [0.717, 1.165) is 19.3 Å². The van der Waals surface area contributed by atoms with E-state index in [4.69, 9.17) is 11.6 Å². The van der Waals surface area contributed by atoms with Gasteiger partial charge in [0.15, 0.2) is 5.78 Å². The number of hydrogen-bond donors (Lipinski definition) is 1. The Morgan fingerprint density at radius 1 is 1.36 bits per heavy atom. The number of carbonyl (C=O) groups is 1. The first-order chi connectivity index (χ1) is 13.0. The summed E-state index contributed by atoms with van der Waals surface area (Å²) in [4.78, 5) is 11.9. The molecule has 0 heterocycles. The molecular weight excluding hydrogens is 386 g/mol. The molecule has 4 aliphatic rings. The van der Waals surface area contributed by atoms with Gasteiger partial charge in [0.2, 0.25) is 0 Å². The van der Waals surface area contributed by atoms with Crippen molar-refractivity contribution in [1.82, 2.24) is 0 Å². The van der Waals surface area contributed by atoms with Gasteiger partial charge in [-0.05, 0) is 50.5 Å². The maximum Gasteiger partial charge on any atom is 0.159 e. The lowest BCUT2D eigenvalue weighted by atomic mass is 9.52. The highest BCUT2D eigenvalue weighted by Gasteiger charge is 2.69. The first-order valence-electron chi connectivity index (χ1n) is 10.3. The van der Waals surface area contributed by atoms with E-state index in [2.05, 4.69) is 38.1 Å². The Labute approximate surface area is 174 Å². The second-order valence-electron chi connectivity index (χ2n) is 9.81. The smallest absolute Gasteiger partial charge is 0.159 e. The molecule has 1 saturated carbocycles. The highest BCUT2D eigenvalue weighted by Crippen LogP contribution is 2.67. The molecule has 0 saturated heterocycles. The summed E-state index contributed by atoms with van der Waals surface area (Å²) < 4.78 is -1.19. The standard InChI is InChI=1S/C23H29ClNO2Si/c1-20-10-7-16(26)13-15(20)5-6-17-18(20)8-11-21(2)19(17)9-12-22(21,27)23(24,14-25)28(3)4/h5,7-8,10,17,19,27H,6,9,11-13H2,1-4H3/t17?,19?,20-,21-,22+,23?/m0/s1. The SMILES string of the molecule is C[Si](C)C(Cl)(C#N)[C@@]1(O)CCC2C3CC=C4CC(=O)C=C[C@]4(C)C3=CC[C@@]21C. The van der Waals surface area contributed by atoms with E-state index < -0.39 is 24.3 Å². The minimum absolute atomic E-state index is 0.181. The van der Waals surface area contributed by atoms with Crippen LogP contribution >= 0.6 is 11.6 Å². The van der Waals surface area contributed by atoms with E-state index >= 15 is 0 Å². The second kappa shape index (κ2) is 6.17. The van der Waals surface area contributed by atoms with Crippen molar-refractivity contribution in [2.75, 3.05) is 0 Å². The third-order valence-corrected chi connectivity index (χ3v) is 11.9. The molecule has 0 aromatic heterocycles. The average molecular weight is 415 g/mol. The van der Waals surface area contributed by atoms with Crippen LogP contribution in [0.15, 0.2) is 35.5 Å². The van der Waals surface area contributed by atoms with E-state index in [9.17, 15) is 15.2 Å². The zero-order chi connectivity index (χ0) is 20.5. The number of aliphatic hydroxyl groups is 1. The molecule has 1 fully saturated rings. The molecule has 0 bridgehead atoms. The molecule has 0 amide bonds. The molecule has 4 rings (SSSR count). The maximum atomic E-state index is 11.9. The monoisotopic (exact) mass is 414 g/mol. The number of carbonyl (C=O) groups excluding carboxylic acids is 1. The first-order valence-corrected chi connectivity index (χ1v) is 13.2. The quantitative estimate of drug-likeness (QED) is 0.403. The van der Waals surface area contributed by atoms with E-state index in [0.29, 0.717) is 24.7 Å². The van der Waals surface area contributed by atoms with Crippen LogP contribution < -0.4 is 0 Å². The van der Waals surface area contributed by atoms with Gasteiger partial charge in [-0.1, -0.05) is 49.4 Å². The molecule has 28 heavy (non-hydrogen) atoms. The van der Waals surface area contributed by atoms with Gasteiger partial charge in [-0.3, -0.25) is 4.79 Å². The van der Waals surface area contributed by atoms with Crippen molar-refractivity contribution in [2.45, 2.75) is 69.1 Å². The first kappa shape index (κ1) is 20.1. The average Bonchev–Trinajstić information content (AvgIpc) is 2.94. The highest BCUT2D eigenvalue weighted by atomic mass is 35.5. The topological polar surface area (TPSA) is 61.1 Å². The normalized spacial score (nSPS) is 44.0. The Balaban J connectivity index is 1.79. The molecule has 5 heteroatoms. The Morgan fingerprint density at radius 2 is 2.07 bits per heavy atom. The molecule has 3 nitrogen and oxygen atoms in total. The Kier molecular flexibility index (Phi) is 4.44. The second-order valence-corrected chi connectivity index (χ2v) is 13.4. The lowest BCUT2D eigenvalue weighted by Gasteiger charge is -2.56. The molecule has 0 aromatic rings. The number of ketones is 1. The summed E-state index contributed by atoms with van der Waals surface area (Å²) in [7, 11) is -1.24. The molecule has 4 aliphatic carbocycles. The fraction of sp³-hybridized carbons (Fsp3) is 0.652. The molecule has 0 spiro atoms. The Hall–Kier alpha value is -1.15. The van der Waals surface area contributed by atoms with Gasteiger partial charge in [0, 0.05) is 17.3 Å². The number of halogens is 1. The van der Waals surface area contributed by atoms with Crippen molar-refractivity contribution in [3.63, 3.8) is 0 Å². The van der Waals surface area contributed by atoms with E-state index in [1.54, 1.807) is 6.08 Å². The van der Waals surface area contributed by atoms with Crippen LogP contribution in [-0.2, 0) is 4.79 Å². The summed E-state index contributed by atoms with van der Waals surface area (Å²) in [5, 5.41) is 21.9. The van der Waals surface area contributed by atoms with Crippen molar-refractivity contribution in [1.29, 1.82) is 5.26 Å². The number of hydrogen-bond acceptors (Lipinski definition) is 3. The number of rotatable bonds is 2.